The van der Waals surface area contributed by atoms with E-state index in [1.54, 1.807) is 37.5 Å². The van der Waals surface area contributed by atoms with Crippen LogP contribution in [0.2, 0.25) is 0 Å². The van der Waals surface area contributed by atoms with E-state index >= 15 is 0 Å². The van der Waals surface area contributed by atoms with Crippen LogP contribution in [0.5, 0.6) is 0 Å². The van der Waals surface area contributed by atoms with Crippen LogP contribution < -0.4 is 10.9 Å². The summed E-state index contributed by atoms with van der Waals surface area (Å²) in [5.41, 5.74) is 1.17. The van der Waals surface area contributed by atoms with Crippen molar-refractivity contribution < 1.29 is 4.79 Å². The largest absolute Gasteiger partial charge is 0.352 e. The van der Waals surface area contributed by atoms with Crippen LogP contribution >= 0.6 is 0 Å². The molecular formula is C16H20N4O2. The molecule has 0 saturated heterocycles. The lowest BCUT2D eigenvalue weighted by atomic mass is 10.2. The van der Waals surface area contributed by atoms with Crippen molar-refractivity contribution in [3.05, 3.63) is 47.0 Å². The molecule has 1 N–H and O–H groups in total. The monoisotopic (exact) mass is 300 g/mol. The first-order valence-corrected chi connectivity index (χ1v) is 7.33. The van der Waals surface area contributed by atoms with Crippen molar-refractivity contribution in [3.8, 4) is 11.3 Å². The molecule has 2 aromatic rings. The van der Waals surface area contributed by atoms with Crippen LogP contribution in [0.1, 0.15) is 33.2 Å². The molecule has 0 aromatic carbocycles. The van der Waals surface area contributed by atoms with Gasteiger partial charge >= 0.3 is 0 Å². The van der Waals surface area contributed by atoms with Crippen molar-refractivity contribution in [1.82, 2.24) is 20.1 Å². The average Bonchev–Trinajstić information content (AvgIpc) is 2.55. The van der Waals surface area contributed by atoms with E-state index in [1.165, 1.54) is 10.7 Å². The topological polar surface area (TPSA) is 76.9 Å². The molecule has 0 aliphatic rings. The maximum Gasteiger partial charge on any atom is 0.267 e. The summed E-state index contributed by atoms with van der Waals surface area (Å²) in [4.78, 5) is 28.2. The van der Waals surface area contributed by atoms with Gasteiger partial charge in [0, 0.05) is 30.1 Å². The van der Waals surface area contributed by atoms with Crippen LogP contribution in [-0.4, -0.2) is 26.7 Å². The van der Waals surface area contributed by atoms with E-state index in [9.17, 15) is 9.59 Å². The first-order chi connectivity index (χ1) is 10.5. The third-order valence-electron chi connectivity index (χ3n) is 3.55. The fourth-order valence-corrected chi connectivity index (χ4v) is 1.96. The fraction of sp³-hybridized carbons (Fsp3) is 0.375. The Morgan fingerprint density at radius 2 is 1.91 bits per heavy atom. The predicted molar refractivity (Wildman–Crippen MR) is 84.3 cm³/mol. The Morgan fingerprint density at radius 1 is 1.23 bits per heavy atom. The Labute approximate surface area is 129 Å². The summed E-state index contributed by atoms with van der Waals surface area (Å²) in [6.07, 6.45) is 4.15. The molecule has 2 aromatic heterocycles. The van der Waals surface area contributed by atoms with Gasteiger partial charge in [-0.3, -0.25) is 14.6 Å². The lowest BCUT2D eigenvalue weighted by molar-refractivity contribution is -0.124. The van der Waals surface area contributed by atoms with Crippen LogP contribution in [0.15, 0.2) is 41.5 Å². The van der Waals surface area contributed by atoms with Gasteiger partial charge in [0.1, 0.15) is 6.04 Å². The van der Waals surface area contributed by atoms with Gasteiger partial charge in [0.25, 0.3) is 5.56 Å². The van der Waals surface area contributed by atoms with Crippen LogP contribution in [0, 0.1) is 0 Å². The van der Waals surface area contributed by atoms with Gasteiger partial charge in [0.05, 0.1) is 5.69 Å². The number of nitrogens with zero attached hydrogens (tertiary/aromatic N) is 3. The zero-order valence-electron chi connectivity index (χ0n) is 13.0. The smallest absolute Gasteiger partial charge is 0.267 e. The highest BCUT2D eigenvalue weighted by Crippen LogP contribution is 2.14. The maximum absolute atomic E-state index is 12.2. The molecule has 0 radical (unpaired) electrons. The molecule has 2 atom stereocenters. The molecule has 0 spiro atoms. The van der Waals surface area contributed by atoms with Crippen molar-refractivity contribution in [3.63, 3.8) is 0 Å². The molecule has 0 aliphatic carbocycles. The summed E-state index contributed by atoms with van der Waals surface area (Å²) in [6, 6.07) is 6.09. The van der Waals surface area contributed by atoms with Gasteiger partial charge < -0.3 is 5.32 Å². The molecule has 22 heavy (non-hydrogen) atoms. The molecule has 0 bridgehead atoms. The second-order valence-corrected chi connectivity index (χ2v) is 5.23. The van der Waals surface area contributed by atoms with E-state index in [2.05, 4.69) is 15.4 Å². The standard InChI is InChI=1S/C16H20N4O2/c1-4-11(2)18-16(22)12(3)20-15(21)6-5-14(19-20)13-7-9-17-10-8-13/h5-12H,4H2,1-3H3,(H,18,22). The number of pyridine rings is 1. The lowest BCUT2D eigenvalue weighted by Crippen LogP contribution is -2.40. The number of amides is 1. The number of hydrogen-bond donors (Lipinski definition) is 1. The maximum atomic E-state index is 12.2. The van der Waals surface area contributed by atoms with Crippen molar-refractivity contribution in [1.29, 1.82) is 0 Å². The van der Waals surface area contributed by atoms with Crippen LogP contribution in [0.3, 0.4) is 0 Å². The Morgan fingerprint density at radius 3 is 2.55 bits per heavy atom. The van der Waals surface area contributed by atoms with Crippen molar-refractivity contribution in [2.45, 2.75) is 39.3 Å². The molecule has 1 amide bonds. The molecule has 6 heteroatoms. The number of aromatic nitrogens is 3. The van der Waals surface area contributed by atoms with Crippen molar-refractivity contribution >= 4 is 5.91 Å². The molecule has 2 rings (SSSR count). The van der Waals surface area contributed by atoms with E-state index in [1.807, 2.05) is 13.8 Å². The van der Waals surface area contributed by atoms with Gasteiger partial charge in [-0.15, -0.1) is 0 Å². The van der Waals surface area contributed by atoms with E-state index < -0.39 is 6.04 Å². The second kappa shape index (κ2) is 6.98. The summed E-state index contributed by atoms with van der Waals surface area (Å²) in [5.74, 6) is -0.212. The molecule has 0 aliphatic heterocycles. The zero-order chi connectivity index (χ0) is 16.1. The highest BCUT2D eigenvalue weighted by atomic mass is 16.2. The molecule has 0 saturated carbocycles. The Kier molecular flexibility index (Phi) is 5.04. The van der Waals surface area contributed by atoms with Crippen LogP contribution in [-0.2, 0) is 4.79 Å². The van der Waals surface area contributed by atoms with E-state index in [-0.39, 0.29) is 17.5 Å². The third kappa shape index (κ3) is 3.58. The van der Waals surface area contributed by atoms with E-state index in [0.29, 0.717) is 5.69 Å². The molecule has 116 valence electrons. The summed E-state index contributed by atoms with van der Waals surface area (Å²) < 4.78 is 1.22. The summed E-state index contributed by atoms with van der Waals surface area (Å²) in [5, 5.41) is 7.18. The minimum Gasteiger partial charge on any atom is -0.352 e. The van der Waals surface area contributed by atoms with Gasteiger partial charge in [-0.25, -0.2) is 4.68 Å². The molecule has 2 unspecified atom stereocenters. The van der Waals surface area contributed by atoms with Gasteiger partial charge in [0.2, 0.25) is 5.91 Å². The summed E-state index contributed by atoms with van der Waals surface area (Å²) in [6.45, 7) is 5.58. The minimum atomic E-state index is -0.664. The van der Waals surface area contributed by atoms with E-state index in [4.69, 9.17) is 0 Å². The Bertz CT molecular complexity index is 697. The second-order valence-electron chi connectivity index (χ2n) is 5.23. The van der Waals surface area contributed by atoms with E-state index in [0.717, 1.165) is 12.0 Å². The zero-order valence-corrected chi connectivity index (χ0v) is 13.0. The minimum absolute atomic E-state index is 0.0639. The van der Waals surface area contributed by atoms with Crippen LogP contribution in [0.4, 0.5) is 0 Å². The van der Waals surface area contributed by atoms with Gasteiger partial charge in [-0.2, -0.15) is 5.10 Å². The highest BCUT2D eigenvalue weighted by Gasteiger charge is 2.19. The molecule has 0 fully saturated rings. The van der Waals surface area contributed by atoms with Gasteiger partial charge in [-0.05, 0) is 38.5 Å². The third-order valence-corrected chi connectivity index (χ3v) is 3.55. The SMILES string of the molecule is CCC(C)NC(=O)C(C)n1nc(-c2ccncc2)ccc1=O. The van der Waals surface area contributed by atoms with Crippen molar-refractivity contribution in [2.75, 3.05) is 0 Å². The first kappa shape index (κ1) is 15.9. The summed E-state index contributed by atoms with van der Waals surface area (Å²) >= 11 is 0. The van der Waals surface area contributed by atoms with Gasteiger partial charge in [0.15, 0.2) is 0 Å². The number of hydrogen-bond acceptors (Lipinski definition) is 4. The average molecular weight is 300 g/mol. The Balaban J connectivity index is 2.31. The highest BCUT2D eigenvalue weighted by molar-refractivity contribution is 5.80. The van der Waals surface area contributed by atoms with Gasteiger partial charge in [-0.1, -0.05) is 6.92 Å². The number of carbonyl (C=O) groups is 1. The lowest BCUT2D eigenvalue weighted by Gasteiger charge is -2.17. The molecule has 2 heterocycles. The number of nitrogens with one attached hydrogen (secondary N) is 1. The first-order valence-electron chi connectivity index (χ1n) is 7.33. The Hall–Kier alpha value is -2.50. The normalized spacial score (nSPS) is 13.4. The quantitative estimate of drug-likeness (QED) is 0.913. The predicted octanol–water partition coefficient (Wildman–Crippen LogP) is 1.78. The number of carbonyl (C=O) groups excluding carboxylic acids is 1. The molecular weight excluding hydrogens is 280 g/mol. The van der Waals surface area contributed by atoms with Crippen LogP contribution in [0.25, 0.3) is 11.3 Å². The summed E-state index contributed by atoms with van der Waals surface area (Å²) in [7, 11) is 0. The fourth-order valence-electron chi connectivity index (χ4n) is 1.96. The number of rotatable bonds is 5. The molecule has 6 nitrogen and oxygen atoms in total. The van der Waals surface area contributed by atoms with Crippen molar-refractivity contribution in [2.24, 2.45) is 0 Å².